The van der Waals surface area contributed by atoms with Crippen molar-refractivity contribution in [3.8, 4) is 0 Å². The van der Waals surface area contributed by atoms with Crippen LogP contribution in [0.2, 0.25) is 0 Å². The lowest BCUT2D eigenvalue weighted by Gasteiger charge is -2.14. The molecule has 11 heteroatoms. The van der Waals surface area contributed by atoms with Crippen LogP contribution in [0.1, 0.15) is 24.0 Å². The molecule has 0 saturated carbocycles. The Morgan fingerprint density at radius 3 is 2.61 bits per heavy atom. The summed E-state index contributed by atoms with van der Waals surface area (Å²) in [4.78, 5) is 50.0. The number of aryl methyl sites for hydroxylation is 1. The Balaban J connectivity index is 1.54. The average Bonchev–Trinajstić information content (AvgIpc) is 3.52. The molecular formula is C27H25N5O6. The number of para-hydroxylation sites is 1. The number of carbonyl (C=O) groups is 3. The summed E-state index contributed by atoms with van der Waals surface area (Å²) in [6.07, 6.45) is 5.77. The van der Waals surface area contributed by atoms with Crippen LogP contribution >= 0.6 is 0 Å². The van der Waals surface area contributed by atoms with E-state index in [1.807, 2.05) is 46.6 Å². The molecule has 2 N–H and O–H groups in total. The fourth-order valence-corrected chi connectivity index (χ4v) is 4.84. The maximum absolute atomic E-state index is 13.2. The number of unbranched alkanes of at least 4 members (excludes halogenated alkanes) is 1. The molecule has 0 atom stereocenters. The maximum Gasteiger partial charge on any atom is 0.331 e. The second kappa shape index (κ2) is 9.94. The maximum atomic E-state index is 13.2. The molecule has 0 unspecified atom stereocenters. The number of benzene rings is 2. The third-order valence-corrected chi connectivity index (χ3v) is 6.67. The number of nitrogens with zero attached hydrogens (tertiary/aromatic N) is 4. The first-order chi connectivity index (χ1) is 18.3. The molecule has 3 heterocycles. The van der Waals surface area contributed by atoms with Crippen molar-refractivity contribution in [1.29, 1.82) is 0 Å². The highest BCUT2D eigenvalue weighted by atomic mass is 16.6. The fraction of sp³-hybridized carbons (Fsp3) is 0.222. The molecule has 0 aliphatic carbocycles. The van der Waals surface area contributed by atoms with Crippen molar-refractivity contribution >= 4 is 50.9 Å². The topological polar surface area (TPSA) is 140 Å². The number of urea groups is 1. The molecule has 194 valence electrons. The molecule has 5 rings (SSSR count). The first kappa shape index (κ1) is 24.9. The predicted octanol–water partition coefficient (Wildman–Crippen LogP) is 3.32. The van der Waals surface area contributed by atoms with Crippen LogP contribution in [0, 0.1) is 10.1 Å². The van der Waals surface area contributed by atoms with Gasteiger partial charge >= 0.3 is 6.03 Å². The summed E-state index contributed by atoms with van der Waals surface area (Å²) in [5, 5.41) is 24.5. The molecule has 0 saturated heterocycles. The molecular weight excluding hydrogens is 490 g/mol. The number of aromatic nitrogens is 2. The van der Waals surface area contributed by atoms with Gasteiger partial charge in [-0.15, -0.1) is 0 Å². The van der Waals surface area contributed by atoms with Crippen LogP contribution in [0.25, 0.3) is 27.4 Å². The Kier molecular flexibility index (Phi) is 6.52. The summed E-state index contributed by atoms with van der Waals surface area (Å²) in [6.45, 7) is 0.549. The highest BCUT2D eigenvalue weighted by Crippen LogP contribution is 2.34. The molecule has 0 fully saturated rings. The second-order valence-corrected chi connectivity index (χ2v) is 9.11. The number of fused-ring (bicyclic) bond motifs is 2. The van der Waals surface area contributed by atoms with Gasteiger partial charge < -0.3 is 19.6 Å². The highest BCUT2D eigenvalue weighted by molar-refractivity contribution is 6.39. The van der Waals surface area contributed by atoms with Gasteiger partial charge in [-0.3, -0.25) is 19.7 Å². The van der Waals surface area contributed by atoms with E-state index in [9.17, 15) is 24.5 Å². The van der Waals surface area contributed by atoms with E-state index in [0.29, 0.717) is 40.8 Å². The number of imide groups is 3. The quantitative estimate of drug-likeness (QED) is 0.160. The lowest BCUT2D eigenvalue weighted by molar-refractivity contribution is -0.384. The zero-order valence-corrected chi connectivity index (χ0v) is 20.6. The molecule has 1 aliphatic rings. The summed E-state index contributed by atoms with van der Waals surface area (Å²) in [5.41, 5.74) is 2.87. The smallest absolute Gasteiger partial charge is 0.331 e. The second-order valence-electron chi connectivity index (χ2n) is 9.11. The number of nitro benzene ring substituents is 1. The van der Waals surface area contributed by atoms with E-state index >= 15 is 0 Å². The molecule has 0 spiro atoms. The number of hydrogen-bond acceptors (Lipinski definition) is 6. The zero-order valence-electron chi connectivity index (χ0n) is 20.6. The van der Waals surface area contributed by atoms with E-state index in [1.54, 1.807) is 12.3 Å². The first-order valence-electron chi connectivity index (χ1n) is 12.1. The predicted molar refractivity (Wildman–Crippen MR) is 140 cm³/mol. The number of non-ortho nitro benzene ring substituents is 1. The van der Waals surface area contributed by atoms with Crippen LogP contribution in [0.15, 0.2) is 60.9 Å². The summed E-state index contributed by atoms with van der Waals surface area (Å²) in [7, 11) is 1.94. The van der Waals surface area contributed by atoms with E-state index in [-0.39, 0.29) is 24.4 Å². The Morgan fingerprint density at radius 2 is 1.84 bits per heavy atom. The lowest BCUT2D eigenvalue weighted by atomic mass is 10.1. The Bertz CT molecular complexity index is 1650. The van der Waals surface area contributed by atoms with Crippen molar-refractivity contribution < 1.29 is 24.4 Å². The van der Waals surface area contributed by atoms with Gasteiger partial charge in [0.1, 0.15) is 0 Å². The number of carbonyl (C=O) groups excluding carboxylic acids is 3. The number of nitrogens with one attached hydrogen (secondary N) is 1. The first-order valence-corrected chi connectivity index (χ1v) is 12.1. The van der Waals surface area contributed by atoms with Crippen molar-refractivity contribution in [3.63, 3.8) is 0 Å². The Labute approximate surface area is 216 Å². The summed E-state index contributed by atoms with van der Waals surface area (Å²) >= 11 is 0. The van der Waals surface area contributed by atoms with Gasteiger partial charge in [0.25, 0.3) is 17.5 Å². The molecule has 4 aromatic rings. The lowest BCUT2D eigenvalue weighted by Crippen LogP contribution is -2.44. The number of nitro groups is 1. The van der Waals surface area contributed by atoms with Crippen LogP contribution < -0.4 is 5.32 Å². The van der Waals surface area contributed by atoms with Crippen LogP contribution in [-0.4, -0.2) is 55.1 Å². The number of rotatable bonds is 8. The van der Waals surface area contributed by atoms with Gasteiger partial charge in [-0.05, 0) is 30.5 Å². The summed E-state index contributed by atoms with van der Waals surface area (Å²) < 4.78 is 3.81. The zero-order chi connectivity index (χ0) is 27.0. The van der Waals surface area contributed by atoms with Gasteiger partial charge in [-0.25, -0.2) is 4.79 Å². The van der Waals surface area contributed by atoms with Crippen LogP contribution in [0.3, 0.4) is 0 Å². The minimum Gasteiger partial charge on any atom is -0.396 e. The third-order valence-electron chi connectivity index (χ3n) is 6.67. The number of aliphatic hydroxyl groups excluding tert-OH is 1. The van der Waals surface area contributed by atoms with Gasteiger partial charge in [0.05, 0.1) is 16.0 Å². The highest BCUT2D eigenvalue weighted by Gasteiger charge is 2.38. The van der Waals surface area contributed by atoms with E-state index in [0.717, 1.165) is 22.5 Å². The standard InChI is InChI=1S/C27H25N5O6/c1-29-14-17(19-6-2-3-7-23(19)29)15-30-16-22(20-9-8-18(32(37)38)12-24(20)30)21-13-25(34)31(26(21)35)27(36)28-10-4-5-11-33/h2-3,6-9,12-14,16,33H,4-5,10-11,15H2,1H3,(H,28,36). The monoisotopic (exact) mass is 515 g/mol. The largest absolute Gasteiger partial charge is 0.396 e. The Hall–Kier alpha value is -4.77. The van der Waals surface area contributed by atoms with Crippen molar-refractivity contribution in [1.82, 2.24) is 19.4 Å². The van der Waals surface area contributed by atoms with Crippen molar-refractivity contribution in [3.05, 3.63) is 82.2 Å². The minimum atomic E-state index is -0.834. The molecule has 38 heavy (non-hydrogen) atoms. The molecule has 0 radical (unpaired) electrons. The van der Waals surface area contributed by atoms with Gasteiger partial charge in [0.15, 0.2) is 0 Å². The van der Waals surface area contributed by atoms with Crippen LogP contribution in [0.4, 0.5) is 10.5 Å². The normalized spacial score (nSPS) is 13.5. The van der Waals surface area contributed by atoms with Crippen molar-refractivity contribution in [2.24, 2.45) is 7.05 Å². The molecule has 11 nitrogen and oxygen atoms in total. The molecule has 0 bridgehead atoms. The molecule has 4 amide bonds. The summed E-state index contributed by atoms with van der Waals surface area (Å²) in [6, 6.07) is 11.4. The Morgan fingerprint density at radius 1 is 1.05 bits per heavy atom. The molecule has 1 aliphatic heterocycles. The van der Waals surface area contributed by atoms with Gasteiger partial charge in [-0.1, -0.05) is 18.2 Å². The van der Waals surface area contributed by atoms with E-state index in [2.05, 4.69) is 5.32 Å². The van der Waals surface area contributed by atoms with E-state index in [4.69, 9.17) is 5.11 Å². The molecule has 2 aromatic heterocycles. The number of aliphatic hydroxyl groups is 1. The van der Waals surface area contributed by atoms with Gasteiger partial charge in [0, 0.05) is 79.2 Å². The van der Waals surface area contributed by atoms with Gasteiger partial charge in [-0.2, -0.15) is 4.90 Å². The van der Waals surface area contributed by atoms with Crippen LogP contribution in [-0.2, 0) is 23.2 Å². The van der Waals surface area contributed by atoms with Crippen molar-refractivity contribution in [2.45, 2.75) is 19.4 Å². The minimum absolute atomic E-state index is 0.0237. The number of amides is 4. The third kappa shape index (κ3) is 4.33. The van der Waals surface area contributed by atoms with Gasteiger partial charge in [0.2, 0.25) is 0 Å². The van der Waals surface area contributed by atoms with E-state index in [1.165, 1.54) is 12.1 Å². The van der Waals surface area contributed by atoms with E-state index < -0.39 is 22.8 Å². The molecule has 2 aromatic carbocycles. The number of hydrogen-bond donors (Lipinski definition) is 2. The average molecular weight is 516 g/mol. The fourth-order valence-electron chi connectivity index (χ4n) is 4.84. The SMILES string of the molecule is Cn1cc(Cn2cc(C3=CC(=O)N(C(=O)NCCCCO)C3=O)c3ccc([N+](=O)[O-])cc32)c2ccccc21. The van der Waals surface area contributed by atoms with Crippen LogP contribution in [0.5, 0.6) is 0 Å². The summed E-state index contributed by atoms with van der Waals surface area (Å²) in [5.74, 6) is -1.53. The van der Waals surface area contributed by atoms with Crippen molar-refractivity contribution in [2.75, 3.05) is 13.2 Å².